The van der Waals surface area contributed by atoms with Crippen LogP contribution in [0.15, 0.2) is 0 Å². The number of hydrogen-bond donors (Lipinski definition) is 1. The van der Waals surface area contributed by atoms with Gasteiger partial charge in [0.15, 0.2) is 0 Å². The molecule has 2 rings (SSSR count). The molecule has 0 aliphatic heterocycles. The van der Waals surface area contributed by atoms with Crippen LogP contribution in [0.1, 0.15) is 92.4 Å². The first-order valence-electron chi connectivity index (χ1n) is 9.48. The van der Waals surface area contributed by atoms with Gasteiger partial charge >= 0.3 is 0 Å². The average Bonchev–Trinajstić information content (AvgIpc) is 2.58. The van der Waals surface area contributed by atoms with Gasteiger partial charge in [-0.15, -0.1) is 0 Å². The first-order valence-corrected chi connectivity index (χ1v) is 9.48. The Bertz CT molecular complexity index is 214. The summed E-state index contributed by atoms with van der Waals surface area (Å²) in [4.78, 5) is 0. The number of aliphatic hydroxyl groups is 1. The maximum absolute atomic E-state index is 8.84. The summed E-state index contributed by atoms with van der Waals surface area (Å²) >= 11 is 0. The van der Waals surface area contributed by atoms with E-state index in [1.807, 2.05) is 27.7 Å². The van der Waals surface area contributed by atoms with Crippen LogP contribution in [-0.4, -0.2) is 23.9 Å². The van der Waals surface area contributed by atoms with Crippen LogP contribution in [0.25, 0.3) is 0 Å². The Morgan fingerprint density at radius 1 is 0.857 bits per heavy atom. The van der Waals surface area contributed by atoms with Crippen molar-refractivity contribution in [3.8, 4) is 0 Å². The molecule has 0 aromatic carbocycles. The normalized spacial score (nSPS) is 29.7. The summed E-state index contributed by atoms with van der Waals surface area (Å²) < 4.78 is 5.81. The van der Waals surface area contributed by atoms with Crippen molar-refractivity contribution in [3.63, 3.8) is 0 Å². The van der Waals surface area contributed by atoms with E-state index in [0.717, 1.165) is 11.8 Å². The van der Waals surface area contributed by atoms with Gasteiger partial charge in [0.25, 0.3) is 0 Å². The summed E-state index contributed by atoms with van der Waals surface area (Å²) in [5.74, 6) is 1.97. The molecule has 0 heterocycles. The summed E-state index contributed by atoms with van der Waals surface area (Å²) in [6, 6.07) is 0. The quantitative estimate of drug-likeness (QED) is 0.734. The third-order valence-corrected chi connectivity index (χ3v) is 4.95. The highest BCUT2D eigenvalue weighted by Gasteiger charge is 2.35. The standard InChI is InChI=1S/C15H28O2.2C2H6/c1-15(17-12-11-16)9-7-14(8-10-15)13-5-3-2-4-6-13;2*1-2/h13-14,16H,2-12H2,1H3;2*1-2H3. The summed E-state index contributed by atoms with van der Waals surface area (Å²) in [6.07, 6.45) is 12.4. The lowest BCUT2D eigenvalue weighted by Gasteiger charge is -2.41. The van der Waals surface area contributed by atoms with Crippen LogP contribution >= 0.6 is 0 Å². The van der Waals surface area contributed by atoms with Crippen LogP contribution in [0.4, 0.5) is 0 Å². The first kappa shape index (κ1) is 20.9. The van der Waals surface area contributed by atoms with Crippen molar-refractivity contribution in [2.75, 3.05) is 13.2 Å². The maximum atomic E-state index is 8.84. The zero-order valence-electron chi connectivity index (χ0n) is 15.3. The largest absolute Gasteiger partial charge is 0.394 e. The molecule has 2 saturated carbocycles. The van der Waals surface area contributed by atoms with Crippen molar-refractivity contribution in [2.45, 2.75) is 98.0 Å². The molecule has 128 valence electrons. The third-order valence-electron chi connectivity index (χ3n) is 4.95. The fourth-order valence-electron chi connectivity index (χ4n) is 3.76. The molecule has 21 heavy (non-hydrogen) atoms. The molecular formula is C19H40O2. The van der Waals surface area contributed by atoms with Crippen molar-refractivity contribution in [3.05, 3.63) is 0 Å². The highest BCUT2D eigenvalue weighted by molar-refractivity contribution is 4.86. The number of rotatable bonds is 4. The third kappa shape index (κ3) is 7.65. The van der Waals surface area contributed by atoms with Crippen LogP contribution in [0.5, 0.6) is 0 Å². The van der Waals surface area contributed by atoms with Crippen molar-refractivity contribution < 1.29 is 9.84 Å². The Kier molecular flexibility index (Phi) is 12.4. The zero-order chi connectivity index (χ0) is 16.1. The molecule has 2 aliphatic carbocycles. The Hall–Kier alpha value is -0.0800. The van der Waals surface area contributed by atoms with Gasteiger partial charge < -0.3 is 9.84 Å². The van der Waals surface area contributed by atoms with Crippen LogP contribution in [0.3, 0.4) is 0 Å². The highest BCUT2D eigenvalue weighted by Crippen LogP contribution is 2.42. The summed E-state index contributed by atoms with van der Waals surface area (Å²) in [7, 11) is 0. The molecule has 2 fully saturated rings. The van der Waals surface area contributed by atoms with Crippen molar-refractivity contribution in [2.24, 2.45) is 11.8 Å². The molecule has 0 atom stereocenters. The molecule has 2 heteroatoms. The van der Waals surface area contributed by atoms with E-state index in [4.69, 9.17) is 9.84 Å². The van der Waals surface area contributed by atoms with Gasteiger partial charge in [-0.05, 0) is 44.4 Å². The lowest BCUT2D eigenvalue weighted by atomic mass is 9.70. The van der Waals surface area contributed by atoms with Crippen molar-refractivity contribution in [1.82, 2.24) is 0 Å². The zero-order valence-corrected chi connectivity index (χ0v) is 15.3. The lowest BCUT2D eigenvalue weighted by molar-refractivity contribution is -0.0798. The van der Waals surface area contributed by atoms with E-state index in [-0.39, 0.29) is 12.2 Å². The SMILES string of the molecule is CC.CC.CC1(OCCO)CCC(C2CCCCC2)CC1. The molecule has 0 unspecified atom stereocenters. The summed E-state index contributed by atoms with van der Waals surface area (Å²) in [6.45, 7) is 10.9. The number of hydrogen-bond acceptors (Lipinski definition) is 2. The fraction of sp³-hybridized carbons (Fsp3) is 1.00. The van der Waals surface area contributed by atoms with Gasteiger partial charge in [-0.1, -0.05) is 59.8 Å². The maximum Gasteiger partial charge on any atom is 0.0705 e. The van der Waals surface area contributed by atoms with Crippen molar-refractivity contribution in [1.29, 1.82) is 0 Å². The van der Waals surface area contributed by atoms with E-state index in [0.29, 0.717) is 6.61 Å². The number of aliphatic hydroxyl groups excluding tert-OH is 1. The van der Waals surface area contributed by atoms with Crippen molar-refractivity contribution >= 4 is 0 Å². The van der Waals surface area contributed by atoms with Crippen LogP contribution in [0.2, 0.25) is 0 Å². The lowest BCUT2D eigenvalue weighted by Crippen LogP contribution is -2.36. The second-order valence-electron chi connectivity index (χ2n) is 6.26. The monoisotopic (exact) mass is 300 g/mol. The summed E-state index contributed by atoms with van der Waals surface area (Å²) in [5.41, 5.74) is 0.0495. The van der Waals surface area contributed by atoms with Gasteiger partial charge in [0, 0.05) is 0 Å². The molecule has 0 bridgehead atoms. The van der Waals surface area contributed by atoms with E-state index < -0.39 is 0 Å². The first-order chi connectivity index (χ1) is 10.2. The van der Waals surface area contributed by atoms with E-state index in [9.17, 15) is 0 Å². The molecule has 0 amide bonds. The Balaban J connectivity index is 0.000000921. The van der Waals surface area contributed by atoms with Gasteiger partial charge in [0.05, 0.1) is 18.8 Å². The Morgan fingerprint density at radius 2 is 1.33 bits per heavy atom. The minimum absolute atomic E-state index is 0.0495. The van der Waals surface area contributed by atoms with Gasteiger partial charge in [-0.3, -0.25) is 0 Å². The molecular weight excluding hydrogens is 260 g/mol. The predicted molar refractivity (Wildman–Crippen MR) is 92.7 cm³/mol. The molecule has 0 saturated heterocycles. The second-order valence-corrected chi connectivity index (χ2v) is 6.26. The predicted octanol–water partition coefficient (Wildman–Crippen LogP) is 5.58. The molecule has 0 radical (unpaired) electrons. The molecule has 1 N–H and O–H groups in total. The average molecular weight is 301 g/mol. The number of ether oxygens (including phenoxy) is 1. The minimum atomic E-state index is 0.0495. The Morgan fingerprint density at radius 3 is 1.81 bits per heavy atom. The van der Waals surface area contributed by atoms with Gasteiger partial charge in [0.1, 0.15) is 0 Å². The van der Waals surface area contributed by atoms with Gasteiger partial charge in [0.2, 0.25) is 0 Å². The topological polar surface area (TPSA) is 29.5 Å². The molecule has 0 aromatic rings. The highest BCUT2D eigenvalue weighted by atomic mass is 16.5. The second kappa shape index (κ2) is 12.5. The van der Waals surface area contributed by atoms with E-state index in [1.54, 1.807) is 0 Å². The van der Waals surface area contributed by atoms with E-state index in [2.05, 4.69) is 6.92 Å². The van der Waals surface area contributed by atoms with Crippen LogP contribution in [0, 0.1) is 11.8 Å². The smallest absolute Gasteiger partial charge is 0.0705 e. The van der Waals surface area contributed by atoms with E-state index in [1.165, 1.54) is 57.8 Å². The van der Waals surface area contributed by atoms with Gasteiger partial charge in [-0.25, -0.2) is 0 Å². The fourth-order valence-corrected chi connectivity index (χ4v) is 3.76. The molecule has 0 spiro atoms. The molecule has 2 nitrogen and oxygen atoms in total. The van der Waals surface area contributed by atoms with Crippen LogP contribution < -0.4 is 0 Å². The van der Waals surface area contributed by atoms with Gasteiger partial charge in [-0.2, -0.15) is 0 Å². The molecule has 0 aromatic heterocycles. The molecule has 2 aliphatic rings. The minimum Gasteiger partial charge on any atom is -0.394 e. The van der Waals surface area contributed by atoms with Crippen LogP contribution in [-0.2, 0) is 4.74 Å². The van der Waals surface area contributed by atoms with E-state index >= 15 is 0 Å². The Labute approximate surface area is 133 Å². The summed E-state index contributed by atoms with van der Waals surface area (Å²) in [5, 5.41) is 8.84.